The van der Waals surface area contributed by atoms with Gasteiger partial charge in [0, 0.05) is 25.4 Å². The maximum atomic E-state index is 12.3. The zero-order valence-corrected chi connectivity index (χ0v) is 11.5. The number of hydrogen-bond donors (Lipinski definition) is 1. The Morgan fingerprint density at radius 3 is 2.81 bits per heavy atom. The van der Waals surface area contributed by atoms with Gasteiger partial charge in [0.25, 0.3) is 5.91 Å². The van der Waals surface area contributed by atoms with Crippen LogP contribution in [0, 0.1) is 0 Å². The van der Waals surface area contributed by atoms with E-state index in [1.54, 1.807) is 24.3 Å². The lowest BCUT2D eigenvalue weighted by molar-refractivity contribution is 0.0779. The van der Waals surface area contributed by atoms with Crippen LogP contribution in [0.2, 0.25) is 0 Å². The first-order valence-electron chi connectivity index (χ1n) is 6.45. The summed E-state index contributed by atoms with van der Waals surface area (Å²) >= 11 is 0. The summed E-state index contributed by atoms with van der Waals surface area (Å²) < 4.78 is 0. The highest BCUT2D eigenvalue weighted by Gasteiger charge is 2.16. The Kier molecular flexibility index (Phi) is 3.46. The number of carbonyl (C=O) groups excluding carboxylic acids is 1. The molecule has 0 spiro atoms. The summed E-state index contributed by atoms with van der Waals surface area (Å²) in [7, 11) is 1.72. The molecule has 0 atom stereocenters. The molecular formula is C14H14N6O. The van der Waals surface area contributed by atoms with E-state index in [4.69, 9.17) is 0 Å². The zero-order valence-electron chi connectivity index (χ0n) is 11.5. The number of rotatable bonds is 4. The molecule has 2 heterocycles. The Labute approximate surface area is 121 Å². The number of hydrogen-bond acceptors (Lipinski definition) is 4. The average Bonchev–Trinajstić information content (AvgIpc) is 3.18. The smallest absolute Gasteiger partial charge is 0.276 e. The van der Waals surface area contributed by atoms with Gasteiger partial charge in [-0.1, -0.05) is 18.2 Å². The molecule has 21 heavy (non-hydrogen) atoms. The topological polar surface area (TPSA) is 79.7 Å². The maximum absolute atomic E-state index is 12.3. The van der Waals surface area contributed by atoms with E-state index in [9.17, 15) is 4.79 Å². The van der Waals surface area contributed by atoms with E-state index in [0.717, 1.165) is 11.3 Å². The summed E-state index contributed by atoms with van der Waals surface area (Å²) in [4.78, 5) is 15.3. The summed E-state index contributed by atoms with van der Waals surface area (Å²) in [6.45, 7) is 0.466. The molecule has 106 valence electrons. The zero-order chi connectivity index (χ0) is 14.7. The largest absolute Gasteiger partial charge is 0.336 e. The van der Waals surface area contributed by atoms with Gasteiger partial charge in [0.05, 0.1) is 18.1 Å². The quantitative estimate of drug-likeness (QED) is 0.781. The second-order valence-electron chi connectivity index (χ2n) is 4.62. The SMILES string of the molecule is CN(Cc1cn[nH]c1)C(=O)c1cnn(-c2ccccc2)n1. The van der Waals surface area contributed by atoms with Gasteiger partial charge >= 0.3 is 0 Å². The van der Waals surface area contributed by atoms with Crippen LogP contribution in [0.3, 0.4) is 0 Å². The van der Waals surface area contributed by atoms with Gasteiger partial charge in [0.15, 0.2) is 5.69 Å². The van der Waals surface area contributed by atoms with Crippen molar-refractivity contribution in [3.8, 4) is 5.69 Å². The van der Waals surface area contributed by atoms with Crippen LogP contribution in [0.1, 0.15) is 16.1 Å². The Balaban J connectivity index is 1.75. The van der Waals surface area contributed by atoms with Crippen LogP contribution in [0.5, 0.6) is 0 Å². The molecule has 7 heteroatoms. The Hall–Kier alpha value is -2.96. The number of amides is 1. The highest BCUT2D eigenvalue weighted by Crippen LogP contribution is 2.07. The molecule has 3 rings (SSSR count). The van der Waals surface area contributed by atoms with Gasteiger partial charge < -0.3 is 4.90 Å². The Bertz CT molecular complexity index is 719. The van der Waals surface area contributed by atoms with Crippen LogP contribution in [-0.2, 0) is 6.54 Å². The van der Waals surface area contributed by atoms with Gasteiger partial charge in [0.2, 0.25) is 0 Å². The predicted molar refractivity (Wildman–Crippen MR) is 75.7 cm³/mol. The van der Waals surface area contributed by atoms with Gasteiger partial charge in [0.1, 0.15) is 0 Å². The molecule has 0 bridgehead atoms. The minimum absolute atomic E-state index is 0.182. The molecule has 0 radical (unpaired) electrons. The number of aromatic nitrogens is 5. The molecule has 2 aromatic heterocycles. The molecule has 0 saturated carbocycles. The molecule has 0 saturated heterocycles. The average molecular weight is 282 g/mol. The van der Waals surface area contributed by atoms with Gasteiger partial charge in [-0.25, -0.2) is 0 Å². The van der Waals surface area contributed by atoms with Crippen LogP contribution in [0.4, 0.5) is 0 Å². The molecule has 0 fully saturated rings. The highest BCUT2D eigenvalue weighted by atomic mass is 16.2. The minimum atomic E-state index is -0.182. The molecule has 0 aliphatic rings. The summed E-state index contributed by atoms with van der Waals surface area (Å²) in [6.07, 6.45) is 4.91. The van der Waals surface area contributed by atoms with Crippen LogP contribution in [0.15, 0.2) is 48.9 Å². The molecule has 0 aliphatic carbocycles. The third kappa shape index (κ3) is 2.81. The van der Waals surface area contributed by atoms with E-state index in [1.165, 1.54) is 11.0 Å². The van der Waals surface area contributed by atoms with Crippen molar-refractivity contribution in [2.24, 2.45) is 0 Å². The summed E-state index contributed by atoms with van der Waals surface area (Å²) in [5.74, 6) is -0.182. The van der Waals surface area contributed by atoms with Crippen LogP contribution in [0.25, 0.3) is 5.69 Å². The number of benzene rings is 1. The van der Waals surface area contributed by atoms with Gasteiger partial charge in [-0.3, -0.25) is 9.89 Å². The van der Waals surface area contributed by atoms with E-state index in [1.807, 2.05) is 30.3 Å². The molecule has 1 aromatic carbocycles. The van der Waals surface area contributed by atoms with Gasteiger partial charge in [-0.2, -0.15) is 15.0 Å². The summed E-state index contributed by atoms with van der Waals surface area (Å²) in [5, 5.41) is 14.9. The molecular weight excluding hydrogens is 268 g/mol. The summed E-state index contributed by atoms with van der Waals surface area (Å²) in [5.41, 5.74) is 2.06. The standard InChI is InChI=1S/C14H14N6O/c1-19(10-11-7-15-16-8-11)14(21)13-9-17-20(18-13)12-5-3-2-4-6-12/h2-9H,10H2,1H3,(H,15,16). The van der Waals surface area contributed by atoms with Crippen LogP contribution < -0.4 is 0 Å². The third-order valence-corrected chi connectivity index (χ3v) is 3.02. The molecule has 1 amide bonds. The fourth-order valence-corrected chi connectivity index (χ4v) is 1.95. The van der Waals surface area contributed by atoms with Crippen molar-refractivity contribution >= 4 is 5.91 Å². The number of para-hydroxylation sites is 1. The number of aromatic amines is 1. The first-order valence-corrected chi connectivity index (χ1v) is 6.45. The van der Waals surface area contributed by atoms with Crippen molar-refractivity contribution in [1.82, 2.24) is 30.1 Å². The minimum Gasteiger partial charge on any atom is -0.336 e. The number of H-pyrrole nitrogens is 1. The number of nitrogens with one attached hydrogen (secondary N) is 1. The van der Waals surface area contributed by atoms with Crippen molar-refractivity contribution in [2.45, 2.75) is 6.54 Å². The van der Waals surface area contributed by atoms with E-state index in [2.05, 4.69) is 20.4 Å². The Morgan fingerprint density at radius 2 is 2.10 bits per heavy atom. The lowest BCUT2D eigenvalue weighted by Gasteiger charge is -2.13. The predicted octanol–water partition coefficient (Wildman–Crippen LogP) is 1.26. The van der Waals surface area contributed by atoms with Crippen molar-refractivity contribution in [2.75, 3.05) is 7.05 Å². The molecule has 3 aromatic rings. The lowest BCUT2D eigenvalue weighted by atomic mass is 10.3. The van der Waals surface area contributed by atoms with Crippen LogP contribution >= 0.6 is 0 Å². The first-order chi connectivity index (χ1) is 10.2. The fraction of sp³-hybridized carbons (Fsp3) is 0.143. The van der Waals surface area contributed by atoms with Gasteiger partial charge in [-0.05, 0) is 12.1 Å². The Morgan fingerprint density at radius 1 is 1.29 bits per heavy atom. The van der Waals surface area contributed by atoms with E-state index in [-0.39, 0.29) is 5.91 Å². The summed E-state index contributed by atoms with van der Waals surface area (Å²) in [6, 6.07) is 9.46. The first kappa shape index (κ1) is 13.0. The van der Waals surface area contributed by atoms with E-state index >= 15 is 0 Å². The number of carbonyl (C=O) groups is 1. The maximum Gasteiger partial charge on any atom is 0.276 e. The monoisotopic (exact) mass is 282 g/mol. The second-order valence-corrected chi connectivity index (χ2v) is 4.62. The third-order valence-electron chi connectivity index (χ3n) is 3.02. The van der Waals surface area contributed by atoms with Crippen LogP contribution in [-0.4, -0.2) is 43.0 Å². The molecule has 0 unspecified atom stereocenters. The van der Waals surface area contributed by atoms with Crippen molar-refractivity contribution in [3.63, 3.8) is 0 Å². The van der Waals surface area contributed by atoms with Crippen molar-refractivity contribution in [3.05, 3.63) is 60.2 Å². The van der Waals surface area contributed by atoms with E-state index in [0.29, 0.717) is 12.2 Å². The lowest BCUT2D eigenvalue weighted by Crippen LogP contribution is -2.26. The van der Waals surface area contributed by atoms with E-state index < -0.39 is 0 Å². The normalized spacial score (nSPS) is 10.5. The van der Waals surface area contributed by atoms with Crippen molar-refractivity contribution < 1.29 is 4.79 Å². The fourth-order valence-electron chi connectivity index (χ4n) is 1.95. The second kappa shape index (κ2) is 5.58. The highest BCUT2D eigenvalue weighted by molar-refractivity contribution is 5.91. The van der Waals surface area contributed by atoms with Crippen molar-refractivity contribution in [1.29, 1.82) is 0 Å². The molecule has 1 N–H and O–H groups in total. The van der Waals surface area contributed by atoms with Gasteiger partial charge in [-0.15, -0.1) is 5.10 Å². The molecule has 7 nitrogen and oxygen atoms in total. The number of nitrogens with zero attached hydrogens (tertiary/aromatic N) is 5. The molecule has 0 aliphatic heterocycles.